The van der Waals surface area contributed by atoms with Crippen molar-refractivity contribution >= 4 is 58.1 Å². The predicted octanol–water partition coefficient (Wildman–Crippen LogP) is 5.06. The number of nitrogens with one attached hydrogen (secondary N) is 1. The van der Waals surface area contributed by atoms with Crippen LogP contribution < -0.4 is 15.0 Å². The molecule has 0 radical (unpaired) electrons. The first-order valence-corrected chi connectivity index (χ1v) is 12.7. The number of benzene rings is 3. The summed E-state index contributed by atoms with van der Waals surface area (Å²) in [6, 6.07) is 19.7. The Morgan fingerprint density at radius 1 is 1.00 bits per heavy atom. The van der Waals surface area contributed by atoms with Gasteiger partial charge < -0.3 is 19.7 Å². The molecule has 0 aromatic heterocycles. The van der Waals surface area contributed by atoms with Gasteiger partial charge >= 0.3 is 5.97 Å². The highest BCUT2D eigenvalue weighted by Gasteiger charge is 2.44. The summed E-state index contributed by atoms with van der Waals surface area (Å²) in [5, 5.41) is 3.62. The summed E-state index contributed by atoms with van der Waals surface area (Å²) in [5.74, 6) is -0.422. The second-order valence-electron chi connectivity index (χ2n) is 8.47. The van der Waals surface area contributed by atoms with Crippen LogP contribution in [-0.2, 0) is 20.9 Å². The van der Waals surface area contributed by atoms with Crippen LogP contribution in [0.5, 0.6) is 5.75 Å². The Labute approximate surface area is 231 Å². The highest BCUT2D eigenvalue weighted by atomic mass is 35.5. The number of hydrogen-bond acceptors (Lipinski definition) is 6. The molecule has 1 aliphatic heterocycles. The molecular formula is C28H26ClN3O5S. The normalized spacial score (nSPS) is 15.0. The number of nitrogens with zero attached hydrogens (tertiary/aromatic N) is 2. The molecule has 3 aromatic carbocycles. The average Bonchev–Trinajstić information content (AvgIpc) is 3.14. The van der Waals surface area contributed by atoms with Gasteiger partial charge in [-0.05, 0) is 85.4 Å². The third-order valence-electron chi connectivity index (χ3n) is 5.97. The maximum atomic E-state index is 13.7. The number of hydrogen-bond donors (Lipinski definition) is 1. The van der Waals surface area contributed by atoms with Gasteiger partial charge in [0.25, 0.3) is 5.91 Å². The molecule has 1 aliphatic rings. The van der Waals surface area contributed by atoms with Crippen molar-refractivity contribution in [1.82, 2.24) is 4.90 Å². The molecule has 1 N–H and O–H groups in total. The number of carbonyl (C=O) groups excluding carboxylic acids is 3. The minimum absolute atomic E-state index is 0.116. The zero-order chi connectivity index (χ0) is 27.2. The van der Waals surface area contributed by atoms with Crippen molar-refractivity contribution in [3.63, 3.8) is 0 Å². The van der Waals surface area contributed by atoms with Gasteiger partial charge in [0, 0.05) is 17.3 Å². The Kier molecular flexibility index (Phi) is 8.60. The van der Waals surface area contributed by atoms with Crippen molar-refractivity contribution in [2.75, 3.05) is 23.9 Å². The first-order chi connectivity index (χ1) is 18.3. The molecule has 1 fully saturated rings. The lowest BCUT2D eigenvalue weighted by atomic mass is 10.1. The number of halogens is 1. The van der Waals surface area contributed by atoms with Crippen LogP contribution in [0.15, 0.2) is 72.8 Å². The van der Waals surface area contributed by atoms with E-state index in [-0.39, 0.29) is 30.0 Å². The Bertz CT molecular complexity index is 1330. The number of carbonyl (C=O) groups is 3. The van der Waals surface area contributed by atoms with Gasteiger partial charge in [-0.3, -0.25) is 14.5 Å². The fourth-order valence-corrected chi connectivity index (χ4v) is 4.57. The van der Waals surface area contributed by atoms with Crippen molar-refractivity contribution in [3.8, 4) is 5.75 Å². The first kappa shape index (κ1) is 27.1. The lowest BCUT2D eigenvalue weighted by Gasteiger charge is -2.24. The monoisotopic (exact) mass is 551 g/mol. The Morgan fingerprint density at radius 2 is 1.66 bits per heavy atom. The summed E-state index contributed by atoms with van der Waals surface area (Å²) in [5.41, 5.74) is 2.32. The molecule has 0 aliphatic carbocycles. The second-order valence-corrected chi connectivity index (χ2v) is 9.28. The summed E-state index contributed by atoms with van der Waals surface area (Å²) < 4.78 is 10.3. The van der Waals surface area contributed by atoms with E-state index in [0.29, 0.717) is 34.3 Å². The van der Waals surface area contributed by atoms with E-state index >= 15 is 0 Å². The molecule has 0 bridgehead atoms. The van der Waals surface area contributed by atoms with Gasteiger partial charge in [-0.15, -0.1) is 0 Å². The van der Waals surface area contributed by atoms with E-state index in [2.05, 4.69) is 5.32 Å². The number of ether oxygens (including phenoxy) is 2. The van der Waals surface area contributed by atoms with Crippen LogP contribution in [0, 0.1) is 0 Å². The van der Waals surface area contributed by atoms with Crippen molar-refractivity contribution in [2.45, 2.75) is 25.9 Å². The molecule has 0 unspecified atom stereocenters. The van der Waals surface area contributed by atoms with E-state index < -0.39 is 12.0 Å². The van der Waals surface area contributed by atoms with E-state index in [4.69, 9.17) is 33.3 Å². The lowest BCUT2D eigenvalue weighted by Crippen LogP contribution is -2.37. The highest BCUT2D eigenvalue weighted by molar-refractivity contribution is 7.80. The molecule has 10 heteroatoms. The summed E-state index contributed by atoms with van der Waals surface area (Å²) >= 11 is 11.7. The zero-order valence-corrected chi connectivity index (χ0v) is 22.4. The summed E-state index contributed by atoms with van der Waals surface area (Å²) in [4.78, 5) is 41.8. The van der Waals surface area contributed by atoms with Crippen LogP contribution in [-0.4, -0.2) is 47.6 Å². The molecular weight excluding hydrogens is 526 g/mol. The van der Waals surface area contributed by atoms with E-state index in [1.54, 1.807) is 67.5 Å². The SMILES string of the molecule is CCOC(=O)c1ccc(N2C(=O)[C@@H](CC(=O)Nc3ccc(Cl)cc3)N(Cc3ccc(OC)cc3)C2=S)cc1. The topological polar surface area (TPSA) is 88.2 Å². The highest BCUT2D eigenvalue weighted by Crippen LogP contribution is 2.30. The summed E-state index contributed by atoms with van der Waals surface area (Å²) in [6.45, 7) is 2.30. The fourth-order valence-electron chi connectivity index (χ4n) is 4.06. The number of esters is 1. The Morgan fingerprint density at radius 3 is 2.26 bits per heavy atom. The molecule has 2 amide bonds. The van der Waals surface area contributed by atoms with Gasteiger partial charge in [-0.2, -0.15) is 0 Å². The maximum absolute atomic E-state index is 13.7. The lowest BCUT2D eigenvalue weighted by molar-refractivity contribution is -0.124. The molecule has 0 spiro atoms. The van der Waals surface area contributed by atoms with Gasteiger partial charge in [-0.1, -0.05) is 23.7 Å². The molecule has 3 aromatic rings. The average molecular weight is 552 g/mol. The molecule has 8 nitrogen and oxygen atoms in total. The van der Waals surface area contributed by atoms with Gasteiger partial charge in [0.05, 0.1) is 31.4 Å². The van der Waals surface area contributed by atoms with Crippen molar-refractivity contribution < 1.29 is 23.9 Å². The molecule has 4 rings (SSSR count). The molecule has 38 heavy (non-hydrogen) atoms. The molecule has 1 saturated heterocycles. The molecule has 0 saturated carbocycles. The van der Waals surface area contributed by atoms with Crippen molar-refractivity contribution in [3.05, 3.63) is 88.9 Å². The van der Waals surface area contributed by atoms with E-state index in [9.17, 15) is 14.4 Å². The zero-order valence-electron chi connectivity index (χ0n) is 20.8. The quantitative estimate of drug-likeness (QED) is 0.294. The van der Waals surface area contributed by atoms with Crippen molar-refractivity contribution in [1.29, 1.82) is 0 Å². The van der Waals surface area contributed by atoms with Crippen LogP contribution in [0.4, 0.5) is 11.4 Å². The number of amides is 2. The fraction of sp³-hybridized carbons (Fsp3) is 0.214. The number of methoxy groups -OCH3 is 1. The number of anilines is 2. The maximum Gasteiger partial charge on any atom is 0.338 e. The molecule has 1 atom stereocenters. The number of thiocarbonyl (C=S) groups is 1. The minimum atomic E-state index is -0.832. The summed E-state index contributed by atoms with van der Waals surface area (Å²) in [6.07, 6.45) is -0.116. The van der Waals surface area contributed by atoms with Crippen LogP contribution >= 0.6 is 23.8 Å². The van der Waals surface area contributed by atoms with E-state index in [1.807, 2.05) is 24.3 Å². The van der Waals surface area contributed by atoms with Crippen LogP contribution in [0.2, 0.25) is 5.02 Å². The minimum Gasteiger partial charge on any atom is -0.497 e. The smallest absolute Gasteiger partial charge is 0.338 e. The standard InChI is InChI=1S/C28H26ClN3O5S/c1-3-37-27(35)19-6-12-22(13-7-19)32-26(34)24(16-25(33)30-21-10-8-20(29)9-11-21)31(28(32)38)17-18-4-14-23(36-2)15-5-18/h4-15,24H,3,16-17H2,1-2H3,(H,30,33)/t24-/m1/s1. The predicted molar refractivity (Wildman–Crippen MR) is 150 cm³/mol. The third-order valence-corrected chi connectivity index (χ3v) is 6.64. The second kappa shape index (κ2) is 12.1. The van der Waals surface area contributed by atoms with Gasteiger partial charge in [-0.25, -0.2) is 4.79 Å². The van der Waals surface area contributed by atoms with Crippen LogP contribution in [0.3, 0.4) is 0 Å². The Balaban J connectivity index is 1.59. The molecule has 196 valence electrons. The van der Waals surface area contributed by atoms with Crippen molar-refractivity contribution in [2.24, 2.45) is 0 Å². The van der Waals surface area contributed by atoms with E-state index in [0.717, 1.165) is 5.56 Å². The molecule has 1 heterocycles. The van der Waals surface area contributed by atoms with Gasteiger partial charge in [0.15, 0.2) is 5.11 Å². The third kappa shape index (κ3) is 6.12. The Hall–Kier alpha value is -3.95. The number of rotatable bonds is 9. The van der Waals surface area contributed by atoms with E-state index in [1.165, 1.54) is 4.90 Å². The van der Waals surface area contributed by atoms with Crippen LogP contribution in [0.25, 0.3) is 0 Å². The largest absolute Gasteiger partial charge is 0.497 e. The van der Waals surface area contributed by atoms with Crippen LogP contribution in [0.1, 0.15) is 29.3 Å². The first-order valence-electron chi connectivity index (χ1n) is 11.9. The van der Waals surface area contributed by atoms with Gasteiger partial charge in [0.2, 0.25) is 5.91 Å². The summed E-state index contributed by atoms with van der Waals surface area (Å²) in [7, 11) is 1.59. The van der Waals surface area contributed by atoms with Gasteiger partial charge in [0.1, 0.15) is 11.8 Å².